The molecule has 0 radical (unpaired) electrons. The lowest BCUT2D eigenvalue weighted by Crippen LogP contribution is -2.38. The maximum Gasteiger partial charge on any atom is 0.321 e. The van der Waals surface area contributed by atoms with Crippen LogP contribution in [0.4, 0.5) is 0 Å². The van der Waals surface area contributed by atoms with E-state index in [0.717, 1.165) is 22.0 Å². The van der Waals surface area contributed by atoms with Gasteiger partial charge in [-0.25, -0.2) is 0 Å². The number of hydrogen-bond donors (Lipinski definition) is 3. The Labute approximate surface area is 151 Å². The van der Waals surface area contributed by atoms with E-state index >= 15 is 0 Å². The van der Waals surface area contributed by atoms with Crippen molar-refractivity contribution in [1.29, 1.82) is 0 Å². The Kier molecular flexibility index (Phi) is 5.55. The predicted octanol–water partition coefficient (Wildman–Crippen LogP) is 2.89. The van der Waals surface area contributed by atoms with Crippen molar-refractivity contribution in [1.82, 2.24) is 4.98 Å². The van der Waals surface area contributed by atoms with Gasteiger partial charge in [0.1, 0.15) is 18.4 Å². The van der Waals surface area contributed by atoms with Crippen molar-refractivity contribution >= 4 is 16.9 Å². The highest BCUT2D eigenvalue weighted by Gasteiger charge is 2.28. The largest absolute Gasteiger partial charge is 0.489 e. The Morgan fingerprint density at radius 3 is 2.69 bits per heavy atom. The van der Waals surface area contributed by atoms with Crippen molar-refractivity contribution in [2.24, 2.45) is 5.73 Å². The molecule has 0 aliphatic heterocycles. The lowest BCUT2D eigenvalue weighted by Gasteiger charge is -2.19. The van der Waals surface area contributed by atoms with Crippen molar-refractivity contribution in [2.45, 2.75) is 18.6 Å². The molecular formula is C20H22N2O4. The van der Waals surface area contributed by atoms with E-state index in [1.807, 2.05) is 48.5 Å². The van der Waals surface area contributed by atoms with Gasteiger partial charge in [-0.05, 0) is 29.3 Å². The molecule has 6 nitrogen and oxygen atoms in total. The van der Waals surface area contributed by atoms with Gasteiger partial charge in [-0.3, -0.25) is 4.79 Å². The van der Waals surface area contributed by atoms with E-state index in [4.69, 9.17) is 15.2 Å². The maximum atomic E-state index is 11.4. The number of H-pyrrole nitrogens is 1. The third kappa shape index (κ3) is 3.87. The molecule has 0 saturated carbocycles. The fraction of sp³-hybridized carbons (Fsp3) is 0.250. The summed E-state index contributed by atoms with van der Waals surface area (Å²) in [6.07, 6.45) is 1.79. The molecule has 136 valence electrons. The summed E-state index contributed by atoms with van der Waals surface area (Å²) in [6.45, 7) is 0.678. The van der Waals surface area contributed by atoms with E-state index in [1.54, 1.807) is 6.20 Å². The van der Waals surface area contributed by atoms with Crippen LogP contribution in [0.1, 0.15) is 17.0 Å². The molecule has 2 unspecified atom stereocenters. The number of nitrogens with two attached hydrogens (primary N) is 1. The van der Waals surface area contributed by atoms with Crippen LogP contribution in [0.2, 0.25) is 0 Å². The third-order valence-corrected chi connectivity index (χ3v) is 4.40. The van der Waals surface area contributed by atoms with E-state index in [-0.39, 0.29) is 6.61 Å². The quantitative estimate of drug-likeness (QED) is 0.578. The first-order chi connectivity index (χ1) is 12.6. The molecule has 3 aromatic rings. The molecule has 0 aliphatic rings. The van der Waals surface area contributed by atoms with E-state index in [1.165, 1.54) is 7.11 Å². The highest BCUT2D eigenvalue weighted by molar-refractivity contribution is 5.86. The Bertz CT molecular complexity index is 876. The molecule has 0 aliphatic carbocycles. The molecule has 0 spiro atoms. The molecule has 0 amide bonds. The zero-order valence-electron chi connectivity index (χ0n) is 14.5. The Morgan fingerprint density at radius 1 is 1.23 bits per heavy atom. The second-order valence-corrected chi connectivity index (χ2v) is 6.15. The number of benzene rings is 2. The first-order valence-corrected chi connectivity index (χ1v) is 8.35. The Morgan fingerprint density at radius 2 is 2.00 bits per heavy atom. The molecular weight excluding hydrogens is 332 g/mol. The average molecular weight is 354 g/mol. The minimum Gasteiger partial charge on any atom is -0.489 e. The fourth-order valence-electron chi connectivity index (χ4n) is 3.00. The van der Waals surface area contributed by atoms with Crippen molar-refractivity contribution in [3.8, 4) is 5.75 Å². The van der Waals surface area contributed by atoms with Crippen molar-refractivity contribution < 1.29 is 19.4 Å². The fourth-order valence-corrected chi connectivity index (χ4v) is 3.00. The summed E-state index contributed by atoms with van der Waals surface area (Å²) in [7, 11) is 1.53. The summed E-state index contributed by atoms with van der Waals surface area (Å²) in [6, 6.07) is 14.5. The van der Waals surface area contributed by atoms with Gasteiger partial charge in [0.25, 0.3) is 0 Å². The molecule has 3 rings (SSSR count). The van der Waals surface area contributed by atoms with Gasteiger partial charge in [-0.2, -0.15) is 0 Å². The van der Waals surface area contributed by atoms with Crippen LogP contribution in [0.5, 0.6) is 5.75 Å². The number of nitrogens with one attached hydrogen (secondary N) is 1. The van der Waals surface area contributed by atoms with Crippen molar-refractivity contribution in [2.75, 3.05) is 13.7 Å². The van der Waals surface area contributed by atoms with E-state index < -0.39 is 17.9 Å². The molecule has 0 bridgehead atoms. The topological polar surface area (TPSA) is 97.6 Å². The number of carbonyl (C=O) groups is 1. The van der Waals surface area contributed by atoms with Crippen LogP contribution in [-0.2, 0) is 16.1 Å². The number of fused-ring (bicyclic) bond motifs is 1. The van der Waals surface area contributed by atoms with E-state index in [0.29, 0.717) is 12.4 Å². The third-order valence-electron chi connectivity index (χ3n) is 4.40. The summed E-state index contributed by atoms with van der Waals surface area (Å²) < 4.78 is 11.1. The second kappa shape index (κ2) is 8.03. The van der Waals surface area contributed by atoms with Gasteiger partial charge in [0.15, 0.2) is 0 Å². The minimum atomic E-state index is -1.06. The molecule has 1 aromatic heterocycles. The molecule has 4 N–H and O–H groups in total. The van der Waals surface area contributed by atoms with Crippen LogP contribution in [0.3, 0.4) is 0 Å². The smallest absolute Gasteiger partial charge is 0.321 e. The van der Waals surface area contributed by atoms with Gasteiger partial charge in [0.2, 0.25) is 0 Å². The highest BCUT2D eigenvalue weighted by atomic mass is 16.5. The molecule has 2 aromatic carbocycles. The van der Waals surface area contributed by atoms with Crippen LogP contribution in [0.25, 0.3) is 10.9 Å². The number of carboxylic acid groups (broad SMARTS) is 1. The summed E-state index contributed by atoms with van der Waals surface area (Å²) in [5.41, 5.74) is 8.65. The number of aliphatic carboxylic acids is 1. The number of methoxy groups -OCH3 is 1. The zero-order valence-corrected chi connectivity index (χ0v) is 14.5. The highest BCUT2D eigenvalue weighted by Crippen LogP contribution is 2.31. The van der Waals surface area contributed by atoms with Crippen LogP contribution in [0, 0.1) is 0 Å². The summed E-state index contributed by atoms with van der Waals surface area (Å²) >= 11 is 0. The Balaban J connectivity index is 1.88. The van der Waals surface area contributed by atoms with E-state index in [2.05, 4.69) is 4.98 Å². The standard InChI is InChI=1S/C20H22N2O4/c1-25-12-17(19(21)20(23)24)16-10-22-18-8-7-14(9-15(16)18)26-11-13-5-3-2-4-6-13/h2-10,17,19,22H,11-12,21H2,1H3,(H,23,24). The van der Waals surface area contributed by atoms with Gasteiger partial charge >= 0.3 is 5.97 Å². The maximum absolute atomic E-state index is 11.4. The first-order valence-electron chi connectivity index (χ1n) is 8.35. The van der Waals surface area contributed by atoms with Gasteiger partial charge < -0.3 is 25.3 Å². The number of aromatic amines is 1. The summed E-state index contributed by atoms with van der Waals surface area (Å²) in [5, 5.41) is 10.2. The molecule has 0 fully saturated rings. The number of carboxylic acids is 1. The van der Waals surface area contributed by atoms with Crippen LogP contribution in [-0.4, -0.2) is 35.8 Å². The summed E-state index contributed by atoms with van der Waals surface area (Å²) in [5.74, 6) is -0.809. The number of rotatable bonds is 8. The number of aromatic nitrogens is 1. The minimum absolute atomic E-state index is 0.218. The van der Waals surface area contributed by atoms with Gasteiger partial charge in [-0.1, -0.05) is 30.3 Å². The normalized spacial score (nSPS) is 13.5. The molecule has 1 heterocycles. The van der Waals surface area contributed by atoms with Crippen LogP contribution in [0.15, 0.2) is 54.7 Å². The van der Waals surface area contributed by atoms with Crippen molar-refractivity contribution in [3.05, 3.63) is 65.9 Å². The molecule has 26 heavy (non-hydrogen) atoms. The van der Waals surface area contributed by atoms with Gasteiger partial charge in [0, 0.05) is 30.1 Å². The molecule has 6 heteroatoms. The monoisotopic (exact) mass is 354 g/mol. The summed E-state index contributed by atoms with van der Waals surface area (Å²) in [4.78, 5) is 14.5. The predicted molar refractivity (Wildman–Crippen MR) is 99.3 cm³/mol. The molecule has 2 atom stereocenters. The average Bonchev–Trinajstić information content (AvgIpc) is 3.07. The van der Waals surface area contributed by atoms with E-state index in [9.17, 15) is 9.90 Å². The van der Waals surface area contributed by atoms with Crippen molar-refractivity contribution in [3.63, 3.8) is 0 Å². The number of ether oxygens (including phenoxy) is 2. The first kappa shape index (κ1) is 18.0. The lowest BCUT2D eigenvalue weighted by molar-refractivity contribution is -0.139. The Hall–Kier alpha value is -2.83. The second-order valence-electron chi connectivity index (χ2n) is 6.15. The SMILES string of the molecule is COCC(c1c[nH]c2ccc(OCc3ccccc3)cc12)C(N)C(=O)O. The van der Waals surface area contributed by atoms with Gasteiger partial charge in [0.05, 0.1) is 6.61 Å². The van der Waals surface area contributed by atoms with Crippen LogP contribution < -0.4 is 10.5 Å². The zero-order chi connectivity index (χ0) is 18.5. The van der Waals surface area contributed by atoms with Crippen LogP contribution >= 0.6 is 0 Å². The molecule has 0 saturated heterocycles. The van der Waals surface area contributed by atoms with Gasteiger partial charge in [-0.15, -0.1) is 0 Å². The lowest BCUT2D eigenvalue weighted by atomic mass is 9.92. The number of hydrogen-bond acceptors (Lipinski definition) is 4.